The minimum absolute atomic E-state index is 0.199. The Morgan fingerprint density at radius 3 is 2.71 bits per heavy atom. The van der Waals surface area contributed by atoms with Crippen LogP contribution in [0.4, 0.5) is 5.69 Å². The van der Waals surface area contributed by atoms with Crippen LogP contribution in [0.1, 0.15) is 18.4 Å². The topological polar surface area (TPSA) is 32.3 Å². The Bertz CT molecular complexity index is 340. The predicted molar refractivity (Wildman–Crippen MR) is 58.8 cm³/mol. The highest BCUT2D eigenvalue weighted by Gasteiger charge is 2.28. The van der Waals surface area contributed by atoms with Gasteiger partial charge in [0.05, 0.1) is 12.1 Å². The fourth-order valence-corrected chi connectivity index (χ4v) is 1.73. The second kappa shape index (κ2) is 3.79. The lowest BCUT2D eigenvalue weighted by Gasteiger charge is -2.33. The molecule has 2 rings (SSSR count). The molecule has 0 saturated heterocycles. The quantitative estimate of drug-likeness (QED) is 0.788. The van der Waals surface area contributed by atoms with Gasteiger partial charge in [0, 0.05) is 10.7 Å². The number of aryl methyl sites for hydroxylation is 1. The molecule has 1 aliphatic carbocycles. The highest BCUT2D eigenvalue weighted by molar-refractivity contribution is 6.31. The van der Waals surface area contributed by atoms with E-state index in [0.717, 1.165) is 29.1 Å². The summed E-state index contributed by atoms with van der Waals surface area (Å²) >= 11 is 5.99. The number of rotatable bonds is 2. The van der Waals surface area contributed by atoms with E-state index in [2.05, 4.69) is 5.32 Å². The van der Waals surface area contributed by atoms with Crippen molar-refractivity contribution >= 4 is 17.3 Å². The number of aliphatic hydroxyl groups is 1. The molecule has 0 bridgehead atoms. The van der Waals surface area contributed by atoms with Crippen molar-refractivity contribution in [3.63, 3.8) is 0 Å². The van der Waals surface area contributed by atoms with Crippen LogP contribution in [0.5, 0.6) is 0 Å². The zero-order valence-corrected chi connectivity index (χ0v) is 8.88. The molecule has 0 aliphatic heterocycles. The van der Waals surface area contributed by atoms with E-state index >= 15 is 0 Å². The smallest absolute Gasteiger partial charge is 0.0741 e. The third-order valence-electron chi connectivity index (χ3n) is 2.76. The lowest BCUT2D eigenvalue weighted by Crippen LogP contribution is -2.42. The Kier molecular flexibility index (Phi) is 2.66. The lowest BCUT2D eigenvalue weighted by atomic mass is 9.89. The zero-order chi connectivity index (χ0) is 10.1. The fraction of sp³-hybridized carbons (Fsp3) is 0.455. The largest absolute Gasteiger partial charge is 0.391 e. The number of halogens is 1. The molecule has 2 N–H and O–H groups in total. The van der Waals surface area contributed by atoms with Gasteiger partial charge >= 0.3 is 0 Å². The van der Waals surface area contributed by atoms with E-state index < -0.39 is 0 Å². The van der Waals surface area contributed by atoms with E-state index in [4.69, 9.17) is 11.6 Å². The molecule has 0 radical (unpaired) electrons. The second-order valence-electron chi connectivity index (χ2n) is 3.86. The molecule has 3 heteroatoms. The number of anilines is 1. The Balaban J connectivity index is 2.06. The number of nitrogens with one attached hydrogen (secondary N) is 1. The summed E-state index contributed by atoms with van der Waals surface area (Å²) in [6, 6.07) is 6.08. The molecular weight excluding hydrogens is 198 g/mol. The molecule has 0 amide bonds. The van der Waals surface area contributed by atoms with Gasteiger partial charge in [-0.1, -0.05) is 17.7 Å². The van der Waals surface area contributed by atoms with E-state index in [1.807, 2.05) is 25.1 Å². The Morgan fingerprint density at radius 2 is 2.21 bits per heavy atom. The summed E-state index contributed by atoms with van der Waals surface area (Å²) in [6.45, 7) is 1.98. The van der Waals surface area contributed by atoms with Crippen LogP contribution in [-0.4, -0.2) is 17.3 Å². The maximum absolute atomic E-state index is 9.40. The summed E-state index contributed by atoms with van der Waals surface area (Å²) in [7, 11) is 0. The van der Waals surface area contributed by atoms with E-state index in [9.17, 15) is 5.11 Å². The first kappa shape index (κ1) is 9.81. The van der Waals surface area contributed by atoms with Crippen LogP contribution in [-0.2, 0) is 0 Å². The van der Waals surface area contributed by atoms with Crippen molar-refractivity contribution in [2.24, 2.45) is 0 Å². The maximum Gasteiger partial charge on any atom is 0.0741 e. The van der Waals surface area contributed by atoms with Gasteiger partial charge < -0.3 is 10.4 Å². The first-order valence-electron chi connectivity index (χ1n) is 4.87. The zero-order valence-electron chi connectivity index (χ0n) is 8.13. The van der Waals surface area contributed by atoms with Crippen LogP contribution in [0, 0.1) is 6.92 Å². The lowest BCUT2D eigenvalue weighted by molar-refractivity contribution is 0.0786. The first-order valence-corrected chi connectivity index (χ1v) is 5.25. The third kappa shape index (κ3) is 1.86. The maximum atomic E-state index is 9.40. The average molecular weight is 212 g/mol. The highest BCUT2D eigenvalue weighted by atomic mass is 35.5. The Morgan fingerprint density at radius 1 is 1.43 bits per heavy atom. The number of aliphatic hydroxyl groups excluding tert-OH is 1. The molecule has 14 heavy (non-hydrogen) atoms. The standard InChI is InChI=1S/C11H14ClNO/c1-7-2-3-8(6-9(7)12)13-10-4-5-11(10)14/h2-3,6,10-11,13-14H,4-5H2,1H3/t10-,11-/m1/s1. The van der Waals surface area contributed by atoms with Crippen LogP contribution in [0.25, 0.3) is 0 Å². The van der Waals surface area contributed by atoms with Gasteiger partial charge in [-0.2, -0.15) is 0 Å². The molecule has 1 aromatic carbocycles. The van der Waals surface area contributed by atoms with Crippen molar-refractivity contribution in [2.75, 3.05) is 5.32 Å². The monoisotopic (exact) mass is 211 g/mol. The molecule has 1 aliphatic rings. The number of hydrogen-bond acceptors (Lipinski definition) is 2. The van der Waals surface area contributed by atoms with E-state index in [-0.39, 0.29) is 12.1 Å². The predicted octanol–water partition coefficient (Wildman–Crippen LogP) is 2.58. The van der Waals surface area contributed by atoms with Crippen molar-refractivity contribution < 1.29 is 5.11 Å². The summed E-state index contributed by atoms with van der Waals surface area (Å²) in [5.74, 6) is 0. The van der Waals surface area contributed by atoms with Gasteiger partial charge in [-0.05, 0) is 37.5 Å². The molecule has 1 aromatic rings. The number of benzene rings is 1. The molecule has 0 aromatic heterocycles. The van der Waals surface area contributed by atoms with Gasteiger partial charge in [0.2, 0.25) is 0 Å². The summed E-state index contributed by atoms with van der Waals surface area (Å²) in [5.41, 5.74) is 2.07. The molecule has 0 spiro atoms. The highest BCUT2D eigenvalue weighted by Crippen LogP contribution is 2.26. The van der Waals surface area contributed by atoms with Gasteiger partial charge in [-0.25, -0.2) is 0 Å². The van der Waals surface area contributed by atoms with Crippen LogP contribution < -0.4 is 5.32 Å². The normalized spacial score (nSPS) is 25.6. The van der Waals surface area contributed by atoms with Gasteiger partial charge in [-0.15, -0.1) is 0 Å². The summed E-state index contributed by atoms with van der Waals surface area (Å²) in [4.78, 5) is 0. The molecule has 0 unspecified atom stereocenters. The van der Waals surface area contributed by atoms with Crippen LogP contribution in [0.2, 0.25) is 5.02 Å². The molecule has 1 fully saturated rings. The third-order valence-corrected chi connectivity index (χ3v) is 3.17. The minimum atomic E-state index is -0.199. The van der Waals surface area contributed by atoms with Crippen molar-refractivity contribution in [1.82, 2.24) is 0 Å². The molecule has 1 saturated carbocycles. The molecule has 2 nitrogen and oxygen atoms in total. The van der Waals surface area contributed by atoms with Crippen LogP contribution in [0.3, 0.4) is 0 Å². The Labute approximate surface area is 88.9 Å². The summed E-state index contributed by atoms with van der Waals surface area (Å²) in [6.07, 6.45) is 1.74. The van der Waals surface area contributed by atoms with Crippen LogP contribution in [0.15, 0.2) is 18.2 Å². The first-order chi connectivity index (χ1) is 6.66. The van der Waals surface area contributed by atoms with Crippen LogP contribution >= 0.6 is 11.6 Å². The second-order valence-corrected chi connectivity index (χ2v) is 4.27. The van der Waals surface area contributed by atoms with Crippen molar-refractivity contribution in [1.29, 1.82) is 0 Å². The fourth-order valence-electron chi connectivity index (χ4n) is 1.55. The van der Waals surface area contributed by atoms with Crippen molar-refractivity contribution in [3.05, 3.63) is 28.8 Å². The van der Waals surface area contributed by atoms with Gasteiger partial charge in [0.25, 0.3) is 0 Å². The van der Waals surface area contributed by atoms with Crippen molar-refractivity contribution in [3.8, 4) is 0 Å². The molecule has 76 valence electrons. The van der Waals surface area contributed by atoms with Crippen molar-refractivity contribution in [2.45, 2.75) is 31.9 Å². The molecular formula is C11H14ClNO. The SMILES string of the molecule is Cc1ccc(N[C@@H]2CC[C@H]2O)cc1Cl. The van der Waals surface area contributed by atoms with E-state index in [0.29, 0.717) is 0 Å². The van der Waals surface area contributed by atoms with Gasteiger partial charge in [0.1, 0.15) is 0 Å². The van der Waals surface area contributed by atoms with E-state index in [1.165, 1.54) is 0 Å². The Hall–Kier alpha value is -0.730. The average Bonchev–Trinajstić information content (AvgIpc) is 2.17. The van der Waals surface area contributed by atoms with E-state index in [1.54, 1.807) is 0 Å². The van der Waals surface area contributed by atoms with Gasteiger partial charge in [0.15, 0.2) is 0 Å². The minimum Gasteiger partial charge on any atom is -0.391 e. The molecule has 0 heterocycles. The van der Waals surface area contributed by atoms with Gasteiger partial charge in [-0.3, -0.25) is 0 Å². The summed E-state index contributed by atoms with van der Waals surface area (Å²) in [5, 5.41) is 13.4. The number of hydrogen-bond donors (Lipinski definition) is 2. The molecule has 2 atom stereocenters. The summed E-state index contributed by atoms with van der Waals surface area (Å²) < 4.78 is 0.